The molecular formula is C20H26N10O14P2. The minimum atomic E-state index is -5.27. The van der Waals surface area contributed by atoms with E-state index in [0.717, 1.165) is 17.2 Å². The number of fused-ring (bicyclic) bond motifs is 2. The Morgan fingerprint density at radius 2 is 1.57 bits per heavy atom. The average molecular weight is 692 g/mol. The Bertz CT molecular complexity index is 1910. The van der Waals surface area contributed by atoms with Crippen LogP contribution in [0.25, 0.3) is 22.3 Å². The van der Waals surface area contributed by atoms with Gasteiger partial charge in [0.05, 0.1) is 25.9 Å². The van der Waals surface area contributed by atoms with Crippen LogP contribution < -0.4 is 17.0 Å². The Morgan fingerprint density at radius 1 is 0.891 bits per heavy atom. The van der Waals surface area contributed by atoms with Gasteiger partial charge in [-0.25, -0.2) is 29.1 Å². The highest BCUT2D eigenvalue weighted by molar-refractivity contribution is 7.47. The molecule has 0 bridgehead atoms. The second-order valence-corrected chi connectivity index (χ2v) is 12.6. The number of aromatic amines is 1. The molecule has 2 aliphatic heterocycles. The average Bonchev–Trinajstić information content (AvgIpc) is 3.73. The first-order valence-corrected chi connectivity index (χ1v) is 16.0. The number of nitrogens with one attached hydrogen (secondary N) is 1. The molecule has 6 heterocycles. The number of hydrogen-bond donors (Lipinski definition) is 9. The molecule has 2 saturated heterocycles. The van der Waals surface area contributed by atoms with Crippen LogP contribution in [0.2, 0.25) is 0 Å². The lowest BCUT2D eigenvalue weighted by atomic mass is 10.1. The second-order valence-electron chi connectivity index (χ2n) is 10.0. The van der Waals surface area contributed by atoms with Crippen molar-refractivity contribution in [1.82, 2.24) is 39.0 Å². The zero-order valence-corrected chi connectivity index (χ0v) is 24.7. The number of phosphoric ester groups is 2. The summed E-state index contributed by atoms with van der Waals surface area (Å²) >= 11 is 0. The molecule has 4 aromatic rings. The first-order valence-electron chi connectivity index (χ1n) is 13.0. The number of imidazole rings is 2. The van der Waals surface area contributed by atoms with Crippen molar-refractivity contribution in [2.75, 3.05) is 24.7 Å². The lowest BCUT2D eigenvalue weighted by Crippen LogP contribution is -2.37. The van der Waals surface area contributed by atoms with Crippen LogP contribution in [0, 0.1) is 0 Å². The number of anilines is 2. The molecule has 250 valence electrons. The SMILES string of the molecule is Nc1nc2c(ncn2[C@@H]2O[C@H](COP(=O)(O)OC3C(O)[C@H](n4cnc5c(N)ncnc54)O[C@@H]3CO)C(O)C2OP(=O)(O)O)c(=O)[nH]1. The molecule has 26 heteroatoms. The molecule has 0 spiro atoms. The summed E-state index contributed by atoms with van der Waals surface area (Å²) in [6, 6.07) is 0. The number of nitrogen functional groups attached to an aromatic ring is 2. The number of aliphatic hydroxyl groups excluding tert-OH is 3. The lowest BCUT2D eigenvalue weighted by molar-refractivity contribution is -0.0582. The van der Waals surface area contributed by atoms with Crippen molar-refractivity contribution < 1.29 is 62.2 Å². The van der Waals surface area contributed by atoms with Gasteiger partial charge < -0.3 is 50.9 Å². The number of phosphoric acid groups is 2. The van der Waals surface area contributed by atoms with E-state index in [1.807, 2.05) is 0 Å². The fraction of sp³-hybridized carbons (Fsp3) is 0.500. The predicted octanol–water partition coefficient (Wildman–Crippen LogP) is -3.39. The van der Waals surface area contributed by atoms with Crippen LogP contribution in [-0.2, 0) is 32.2 Å². The van der Waals surface area contributed by atoms with Crippen LogP contribution >= 0.6 is 15.6 Å². The number of H-pyrrole nitrogens is 1. The Balaban J connectivity index is 1.19. The van der Waals surface area contributed by atoms with Crippen LogP contribution in [0.5, 0.6) is 0 Å². The van der Waals surface area contributed by atoms with Gasteiger partial charge in [-0.3, -0.25) is 32.5 Å². The summed E-state index contributed by atoms with van der Waals surface area (Å²) in [5, 5.41) is 31.7. The molecule has 2 fully saturated rings. The minimum absolute atomic E-state index is 0.0401. The summed E-state index contributed by atoms with van der Waals surface area (Å²) in [6.45, 7) is -1.70. The Kier molecular flexibility index (Phi) is 8.43. The highest BCUT2D eigenvalue weighted by atomic mass is 31.2. The van der Waals surface area contributed by atoms with Crippen LogP contribution in [0.1, 0.15) is 12.5 Å². The third kappa shape index (κ3) is 6.02. The molecular weight excluding hydrogens is 666 g/mol. The van der Waals surface area contributed by atoms with Gasteiger partial charge in [0.1, 0.15) is 48.5 Å². The van der Waals surface area contributed by atoms with Gasteiger partial charge in [0.2, 0.25) is 5.95 Å². The van der Waals surface area contributed by atoms with Gasteiger partial charge in [0.25, 0.3) is 5.56 Å². The molecule has 2 aliphatic rings. The Labute approximate surface area is 254 Å². The highest BCUT2D eigenvalue weighted by Crippen LogP contribution is 2.50. The summed E-state index contributed by atoms with van der Waals surface area (Å²) in [7, 11) is -10.4. The van der Waals surface area contributed by atoms with E-state index in [4.69, 9.17) is 34.5 Å². The molecule has 6 rings (SSSR count). The van der Waals surface area contributed by atoms with Crippen molar-refractivity contribution in [3.05, 3.63) is 29.3 Å². The monoisotopic (exact) mass is 692 g/mol. The highest BCUT2D eigenvalue weighted by Gasteiger charge is 2.52. The van der Waals surface area contributed by atoms with E-state index >= 15 is 0 Å². The Hall–Kier alpha value is -3.48. The second kappa shape index (κ2) is 12.0. The Morgan fingerprint density at radius 3 is 2.26 bits per heavy atom. The smallest absolute Gasteiger partial charge is 0.394 e. The van der Waals surface area contributed by atoms with Gasteiger partial charge >= 0.3 is 15.6 Å². The van der Waals surface area contributed by atoms with Crippen LogP contribution in [0.15, 0.2) is 23.8 Å². The maximum absolute atomic E-state index is 13.0. The maximum Gasteiger partial charge on any atom is 0.472 e. The number of ether oxygens (including phenoxy) is 2. The largest absolute Gasteiger partial charge is 0.472 e. The number of rotatable bonds is 10. The lowest BCUT2D eigenvalue weighted by Gasteiger charge is -2.23. The van der Waals surface area contributed by atoms with Gasteiger partial charge in [0, 0.05) is 0 Å². The standard InChI is InChI=1S/C20H26N10O14P2/c21-14-8-15(24-3-23-14)29(4-25-8)18-11(33)12(6(1-31)41-18)44-46(38,39)40-2-7-10(32)13(43-45(35,36)37)19(42-7)30-5-26-9-16(30)27-20(22)28-17(9)34/h3-7,10-13,18-19,31-33H,1-2H2,(H,38,39)(H2,21,23,24)(H2,35,36,37)(H3,22,27,28,34)/t6-,7-,10?,11?,12?,13?,18-,19-/m1/s1. The van der Waals surface area contributed by atoms with Crippen molar-refractivity contribution in [2.24, 2.45) is 0 Å². The molecule has 0 amide bonds. The molecule has 4 aromatic heterocycles. The van der Waals surface area contributed by atoms with Crippen molar-refractivity contribution in [2.45, 2.75) is 49.1 Å². The van der Waals surface area contributed by atoms with Gasteiger partial charge in [-0.15, -0.1) is 0 Å². The van der Waals surface area contributed by atoms with Gasteiger partial charge in [-0.2, -0.15) is 4.98 Å². The molecule has 46 heavy (non-hydrogen) atoms. The van der Waals surface area contributed by atoms with Crippen molar-refractivity contribution in [3.8, 4) is 0 Å². The van der Waals surface area contributed by atoms with Gasteiger partial charge in [0.15, 0.2) is 35.1 Å². The first-order chi connectivity index (χ1) is 21.7. The van der Waals surface area contributed by atoms with Crippen molar-refractivity contribution in [3.63, 3.8) is 0 Å². The number of hydrogen-bond acceptors (Lipinski definition) is 18. The quantitative estimate of drug-likeness (QED) is 0.0731. The molecule has 0 aromatic carbocycles. The molecule has 0 saturated carbocycles. The fourth-order valence-electron chi connectivity index (χ4n) is 5.12. The minimum Gasteiger partial charge on any atom is -0.394 e. The first kappa shape index (κ1) is 32.5. The van der Waals surface area contributed by atoms with E-state index in [0.29, 0.717) is 0 Å². The molecule has 5 unspecified atom stereocenters. The summed E-state index contributed by atoms with van der Waals surface area (Å²) in [4.78, 5) is 63.6. The molecule has 9 atom stereocenters. The van der Waals surface area contributed by atoms with Crippen LogP contribution in [0.4, 0.5) is 11.8 Å². The van der Waals surface area contributed by atoms with Crippen LogP contribution in [-0.4, -0.2) is 119 Å². The number of aromatic nitrogens is 8. The topological polar surface area (TPSA) is 361 Å². The number of nitrogens with two attached hydrogens (primary N) is 2. The molecule has 24 nitrogen and oxygen atoms in total. The molecule has 11 N–H and O–H groups in total. The zero-order chi connectivity index (χ0) is 33.1. The van der Waals surface area contributed by atoms with Gasteiger partial charge in [-0.1, -0.05) is 0 Å². The van der Waals surface area contributed by atoms with Crippen molar-refractivity contribution >= 4 is 49.7 Å². The molecule has 0 aliphatic carbocycles. The normalized spacial score (nSPS) is 30.0. The van der Waals surface area contributed by atoms with Gasteiger partial charge in [-0.05, 0) is 0 Å². The number of nitrogens with zero attached hydrogens (tertiary/aromatic N) is 7. The van der Waals surface area contributed by atoms with E-state index in [1.54, 1.807) is 0 Å². The van der Waals surface area contributed by atoms with Crippen molar-refractivity contribution in [1.29, 1.82) is 0 Å². The van der Waals surface area contributed by atoms with E-state index in [9.17, 15) is 43.9 Å². The zero-order valence-electron chi connectivity index (χ0n) is 22.9. The number of aliphatic hydroxyl groups is 3. The predicted molar refractivity (Wildman–Crippen MR) is 147 cm³/mol. The summed E-state index contributed by atoms with van der Waals surface area (Å²) < 4.78 is 53.2. The fourth-order valence-corrected chi connectivity index (χ4v) is 6.63. The molecule has 0 radical (unpaired) electrons. The third-order valence-corrected chi connectivity index (χ3v) is 8.61. The third-order valence-electron chi connectivity index (χ3n) is 7.10. The van der Waals surface area contributed by atoms with E-state index in [2.05, 4.69) is 29.9 Å². The van der Waals surface area contributed by atoms with E-state index in [-0.39, 0.29) is 34.1 Å². The summed E-state index contributed by atoms with van der Waals surface area (Å²) in [5.41, 5.74) is 10.5. The van der Waals surface area contributed by atoms with Crippen LogP contribution in [0.3, 0.4) is 0 Å². The summed E-state index contributed by atoms with van der Waals surface area (Å²) in [5.74, 6) is -0.290. The van der Waals surface area contributed by atoms with E-state index in [1.165, 1.54) is 10.9 Å². The van der Waals surface area contributed by atoms with E-state index < -0.39 is 83.5 Å². The summed E-state index contributed by atoms with van der Waals surface area (Å²) in [6.07, 6.45) is -9.58. The maximum atomic E-state index is 13.0.